The number of nitrogens with zero attached hydrogens (tertiary/aromatic N) is 1. The smallest absolute Gasteiger partial charge is 0.127 e. The van der Waals surface area contributed by atoms with Gasteiger partial charge in [-0.1, -0.05) is 19.1 Å². The third kappa shape index (κ3) is 3.66. The van der Waals surface area contributed by atoms with Gasteiger partial charge in [-0.2, -0.15) is 0 Å². The Bertz CT molecular complexity index is 351. The van der Waals surface area contributed by atoms with Gasteiger partial charge in [0.25, 0.3) is 0 Å². The van der Waals surface area contributed by atoms with E-state index < -0.39 is 0 Å². The van der Waals surface area contributed by atoms with Gasteiger partial charge in [0.1, 0.15) is 5.82 Å². The van der Waals surface area contributed by atoms with Crippen molar-refractivity contribution in [3.63, 3.8) is 0 Å². The van der Waals surface area contributed by atoms with Gasteiger partial charge >= 0.3 is 0 Å². The molecule has 0 atom stereocenters. The van der Waals surface area contributed by atoms with E-state index in [9.17, 15) is 4.39 Å². The first kappa shape index (κ1) is 14.4. The fourth-order valence-corrected chi connectivity index (χ4v) is 2.20. The van der Waals surface area contributed by atoms with Crippen LogP contribution in [-0.4, -0.2) is 31.1 Å². The van der Waals surface area contributed by atoms with Crippen molar-refractivity contribution in [1.29, 1.82) is 0 Å². The van der Waals surface area contributed by atoms with Crippen LogP contribution in [0, 0.1) is 5.82 Å². The predicted octanol–water partition coefficient (Wildman–Crippen LogP) is 2.22. The molecule has 96 valence electrons. The van der Waals surface area contributed by atoms with Crippen LogP contribution in [0.3, 0.4) is 0 Å². The van der Waals surface area contributed by atoms with Crippen LogP contribution in [-0.2, 0) is 13.0 Å². The first-order valence-corrected chi connectivity index (χ1v) is 6.00. The summed E-state index contributed by atoms with van der Waals surface area (Å²) < 4.78 is 13.7. The molecule has 1 fully saturated rings. The second-order valence-corrected chi connectivity index (χ2v) is 4.26. The number of halogens is 2. The molecule has 0 spiro atoms. The van der Waals surface area contributed by atoms with Gasteiger partial charge in [0.05, 0.1) is 0 Å². The number of hydrogen-bond acceptors (Lipinski definition) is 2. The van der Waals surface area contributed by atoms with Gasteiger partial charge in [0.15, 0.2) is 0 Å². The summed E-state index contributed by atoms with van der Waals surface area (Å²) in [6.07, 6.45) is 0.902. The van der Waals surface area contributed by atoms with E-state index in [0.29, 0.717) is 0 Å². The average Bonchev–Trinajstić information content (AvgIpc) is 2.33. The van der Waals surface area contributed by atoms with Crippen molar-refractivity contribution >= 4 is 12.4 Å². The molecule has 1 aromatic rings. The van der Waals surface area contributed by atoms with Crippen molar-refractivity contribution in [3.8, 4) is 0 Å². The van der Waals surface area contributed by atoms with E-state index in [0.717, 1.165) is 50.3 Å². The van der Waals surface area contributed by atoms with Crippen LogP contribution in [0.5, 0.6) is 0 Å². The van der Waals surface area contributed by atoms with Gasteiger partial charge in [-0.25, -0.2) is 4.39 Å². The van der Waals surface area contributed by atoms with E-state index >= 15 is 0 Å². The number of nitrogens with one attached hydrogen (secondary N) is 1. The Hall–Kier alpha value is -0.640. The third-order valence-corrected chi connectivity index (χ3v) is 3.19. The van der Waals surface area contributed by atoms with Crippen LogP contribution in [0.1, 0.15) is 18.1 Å². The SMILES string of the molecule is CCc1cccc(F)c1CN1CCNCC1.Cl. The first-order valence-electron chi connectivity index (χ1n) is 6.00. The first-order chi connectivity index (χ1) is 7.81. The highest BCUT2D eigenvalue weighted by Gasteiger charge is 2.14. The predicted molar refractivity (Wildman–Crippen MR) is 71.2 cm³/mol. The van der Waals surface area contributed by atoms with Crippen molar-refractivity contribution in [1.82, 2.24) is 10.2 Å². The molecule has 0 aliphatic carbocycles. The Labute approximate surface area is 109 Å². The van der Waals surface area contributed by atoms with E-state index in [4.69, 9.17) is 0 Å². The monoisotopic (exact) mass is 258 g/mol. The lowest BCUT2D eigenvalue weighted by atomic mass is 10.0. The average molecular weight is 259 g/mol. The maximum Gasteiger partial charge on any atom is 0.127 e. The summed E-state index contributed by atoms with van der Waals surface area (Å²) in [6.45, 7) is 6.87. The number of benzene rings is 1. The molecule has 1 N–H and O–H groups in total. The maximum absolute atomic E-state index is 13.7. The van der Waals surface area contributed by atoms with Gasteiger partial charge in [-0.15, -0.1) is 12.4 Å². The Morgan fingerprint density at radius 2 is 2.00 bits per heavy atom. The molecule has 0 radical (unpaired) electrons. The fourth-order valence-electron chi connectivity index (χ4n) is 2.20. The molecule has 17 heavy (non-hydrogen) atoms. The quantitative estimate of drug-likeness (QED) is 0.894. The Morgan fingerprint density at radius 1 is 1.29 bits per heavy atom. The molecule has 0 aromatic heterocycles. The summed E-state index contributed by atoms with van der Waals surface area (Å²) in [4.78, 5) is 2.31. The highest BCUT2D eigenvalue weighted by molar-refractivity contribution is 5.85. The maximum atomic E-state index is 13.7. The molecule has 1 aliphatic heterocycles. The van der Waals surface area contributed by atoms with E-state index in [1.807, 2.05) is 6.07 Å². The fraction of sp³-hybridized carbons (Fsp3) is 0.538. The minimum Gasteiger partial charge on any atom is -0.314 e. The molecule has 0 amide bonds. The summed E-state index contributed by atoms with van der Waals surface area (Å²) in [7, 11) is 0. The van der Waals surface area contributed by atoms with Crippen molar-refractivity contribution in [3.05, 3.63) is 35.1 Å². The topological polar surface area (TPSA) is 15.3 Å². The zero-order valence-electron chi connectivity index (χ0n) is 10.2. The van der Waals surface area contributed by atoms with E-state index in [-0.39, 0.29) is 18.2 Å². The third-order valence-electron chi connectivity index (χ3n) is 3.19. The van der Waals surface area contributed by atoms with E-state index in [1.54, 1.807) is 12.1 Å². The molecule has 1 aliphatic rings. The molecule has 0 saturated carbocycles. The molecular formula is C13H20ClFN2. The summed E-state index contributed by atoms with van der Waals surface area (Å²) in [6, 6.07) is 5.40. The normalized spacial score (nSPS) is 16.6. The molecule has 1 heterocycles. The summed E-state index contributed by atoms with van der Waals surface area (Å²) in [5.41, 5.74) is 2.02. The van der Waals surface area contributed by atoms with Crippen molar-refractivity contribution in [2.45, 2.75) is 19.9 Å². The molecule has 0 unspecified atom stereocenters. The Balaban J connectivity index is 0.00000144. The van der Waals surface area contributed by atoms with Crippen LogP contribution < -0.4 is 5.32 Å². The van der Waals surface area contributed by atoms with Crippen LogP contribution in [0.2, 0.25) is 0 Å². The lowest BCUT2D eigenvalue weighted by Crippen LogP contribution is -2.43. The van der Waals surface area contributed by atoms with Gasteiger partial charge in [-0.05, 0) is 18.1 Å². The van der Waals surface area contributed by atoms with Gasteiger partial charge in [0, 0.05) is 38.3 Å². The van der Waals surface area contributed by atoms with Crippen LogP contribution in [0.4, 0.5) is 4.39 Å². The number of piperazine rings is 1. The minimum atomic E-state index is -0.0575. The highest BCUT2D eigenvalue weighted by Crippen LogP contribution is 2.16. The molecule has 1 saturated heterocycles. The van der Waals surface area contributed by atoms with Gasteiger partial charge in [-0.3, -0.25) is 4.90 Å². The largest absolute Gasteiger partial charge is 0.314 e. The van der Waals surface area contributed by atoms with Crippen LogP contribution in [0.15, 0.2) is 18.2 Å². The zero-order chi connectivity index (χ0) is 11.4. The van der Waals surface area contributed by atoms with Crippen molar-refractivity contribution < 1.29 is 4.39 Å². The number of rotatable bonds is 3. The van der Waals surface area contributed by atoms with E-state index in [1.165, 1.54) is 0 Å². The Morgan fingerprint density at radius 3 is 2.65 bits per heavy atom. The van der Waals surface area contributed by atoms with Crippen molar-refractivity contribution in [2.75, 3.05) is 26.2 Å². The van der Waals surface area contributed by atoms with Gasteiger partial charge < -0.3 is 5.32 Å². The zero-order valence-corrected chi connectivity index (χ0v) is 11.0. The van der Waals surface area contributed by atoms with Crippen LogP contribution in [0.25, 0.3) is 0 Å². The van der Waals surface area contributed by atoms with E-state index in [2.05, 4.69) is 17.1 Å². The lowest BCUT2D eigenvalue weighted by molar-refractivity contribution is 0.230. The summed E-state index contributed by atoms with van der Waals surface area (Å²) in [5, 5.41) is 3.31. The summed E-state index contributed by atoms with van der Waals surface area (Å²) in [5.74, 6) is -0.0575. The minimum absolute atomic E-state index is 0. The number of hydrogen-bond donors (Lipinski definition) is 1. The second-order valence-electron chi connectivity index (χ2n) is 4.26. The van der Waals surface area contributed by atoms with Crippen LogP contribution >= 0.6 is 12.4 Å². The molecule has 2 rings (SSSR count). The molecule has 1 aromatic carbocycles. The molecular weight excluding hydrogens is 239 g/mol. The van der Waals surface area contributed by atoms with Crippen molar-refractivity contribution in [2.24, 2.45) is 0 Å². The molecule has 0 bridgehead atoms. The summed E-state index contributed by atoms with van der Waals surface area (Å²) >= 11 is 0. The molecule has 4 heteroatoms. The standard InChI is InChI=1S/C13H19FN2.ClH/c1-2-11-4-3-5-13(14)12(11)10-16-8-6-15-7-9-16;/h3-5,15H,2,6-10H2,1H3;1H. The second kappa shape index (κ2) is 6.94. The molecule has 2 nitrogen and oxygen atoms in total. The van der Waals surface area contributed by atoms with Gasteiger partial charge in [0.2, 0.25) is 0 Å². The number of aryl methyl sites for hydroxylation is 1. The Kier molecular flexibility index (Phi) is 5.89. The highest BCUT2D eigenvalue weighted by atomic mass is 35.5. The lowest BCUT2D eigenvalue weighted by Gasteiger charge is -2.28.